The van der Waals surface area contributed by atoms with Crippen molar-refractivity contribution in [3.8, 4) is 5.75 Å². The number of rotatable bonds is 2. The van der Waals surface area contributed by atoms with Crippen molar-refractivity contribution in [2.45, 2.75) is 25.9 Å². The van der Waals surface area contributed by atoms with Gasteiger partial charge >= 0.3 is 0 Å². The average Bonchev–Trinajstić information content (AvgIpc) is 2.60. The summed E-state index contributed by atoms with van der Waals surface area (Å²) < 4.78 is 5.32. The Hall–Kier alpha value is -2.14. The molecule has 0 radical (unpaired) electrons. The van der Waals surface area contributed by atoms with Gasteiger partial charge in [0.2, 0.25) is 0 Å². The molecule has 4 rings (SSSR count). The Bertz CT molecular complexity index is 701. The van der Waals surface area contributed by atoms with E-state index in [4.69, 9.17) is 4.74 Å². The van der Waals surface area contributed by atoms with Crippen LogP contribution in [0.15, 0.2) is 24.5 Å². The topological polar surface area (TPSA) is 50.3 Å². The molecule has 2 aliphatic rings. The first-order valence-electron chi connectivity index (χ1n) is 7.79. The van der Waals surface area contributed by atoms with Crippen molar-refractivity contribution >= 4 is 5.82 Å². The molecule has 0 aliphatic carbocycles. The minimum absolute atomic E-state index is 0.854. The number of hydrogen-bond donors (Lipinski definition) is 1. The molecule has 0 saturated carbocycles. The van der Waals surface area contributed by atoms with Crippen molar-refractivity contribution < 1.29 is 4.74 Å². The van der Waals surface area contributed by atoms with E-state index in [0.717, 1.165) is 56.3 Å². The summed E-state index contributed by atoms with van der Waals surface area (Å²) in [5.41, 5.74) is 5.23. The summed E-state index contributed by atoms with van der Waals surface area (Å²) in [7, 11) is 1.72. The number of benzene rings is 1. The van der Waals surface area contributed by atoms with Crippen LogP contribution in [0, 0.1) is 0 Å². The van der Waals surface area contributed by atoms with E-state index >= 15 is 0 Å². The third-order valence-corrected chi connectivity index (χ3v) is 4.58. The van der Waals surface area contributed by atoms with Crippen LogP contribution in [0.1, 0.15) is 22.4 Å². The number of nitrogens with zero attached hydrogens (tertiary/aromatic N) is 3. The van der Waals surface area contributed by atoms with E-state index in [1.54, 1.807) is 13.4 Å². The van der Waals surface area contributed by atoms with Crippen molar-refractivity contribution in [2.24, 2.45) is 0 Å². The molecule has 1 aromatic heterocycles. The first kappa shape index (κ1) is 13.5. The van der Waals surface area contributed by atoms with Crippen molar-refractivity contribution in [1.82, 2.24) is 15.3 Å². The van der Waals surface area contributed by atoms with Crippen LogP contribution in [0.3, 0.4) is 0 Å². The van der Waals surface area contributed by atoms with Gasteiger partial charge in [0.1, 0.15) is 17.9 Å². The summed E-state index contributed by atoms with van der Waals surface area (Å²) in [6.07, 6.45) is 3.74. The van der Waals surface area contributed by atoms with E-state index in [-0.39, 0.29) is 0 Å². The summed E-state index contributed by atoms with van der Waals surface area (Å²) in [5, 5.41) is 3.38. The van der Waals surface area contributed by atoms with Gasteiger partial charge in [-0.1, -0.05) is 6.07 Å². The highest BCUT2D eigenvalue weighted by Gasteiger charge is 2.23. The molecule has 0 fully saturated rings. The first-order valence-corrected chi connectivity index (χ1v) is 7.79. The molecular weight excluding hydrogens is 276 g/mol. The Morgan fingerprint density at radius 3 is 3.05 bits per heavy atom. The summed E-state index contributed by atoms with van der Waals surface area (Å²) in [5.74, 6) is 2.06. The molecule has 1 aromatic carbocycles. The predicted octanol–water partition coefficient (Wildman–Crippen LogP) is 1.69. The standard InChI is InChI=1S/C17H20N4O/c1-22-14-3-2-13-10-21(7-5-12(13)8-14)17-15-4-6-18-9-16(15)19-11-20-17/h2-3,8,11,18H,4-7,9-10H2,1H3. The highest BCUT2D eigenvalue weighted by Crippen LogP contribution is 2.29. The number of ether oxygens (including phenoxy) is 1. The second-order valence-electron chi connectivity index (χ2n) is 5.86. The fourth-order valence-corrected chi connectivity index (χ4v) is 3.38. The van der Waals surface area contributed by atoms with Crippen LogP contribution < -0.4 is 15.0 Å². The van der Waals surface area contributed by atoms with Crippen molar-refractivity contribution in [3.63, 3.8) is 0 Å². The molecule has 22 heavy (non-hydrogen) atoms. The number of nitrogens with one attached hydrogen (secondary N) is 1. The second kappa shape index (κ2) is 5.57. The molecule has 114 valence electrons. The van der Waals surface area contributed by atoms with Gasteiger partial charge < -0.3 is 15.0 Å². The van der Waals surface area contributed by atoms with Crippen LogP contribution in [0.5, 0.6) is 5.75 Å². The molecule has 5 nitrogen and oxygen atoms in total. The summed E-state index contributed by atoms with van der Waals surface area (Å²) in [6, 6.07) is 6.38. The normalized spacial score (nSPS) is 16.9. The minimum atomic E-state index is 0.854. The molecule has 0 atom stereocenters. The lowest BCUT2D eigenvalue weighted by molar-refractivity contribution is 0.413. The molecule has 5 heteroatoms. The van der Waals surface area contributed by atoms with Gasteiger partial charge in [-0.25, -0.2) is 9.97 Å². The predicted molar refractivity (Wildman–Crippen MR) is 85.2 cm³/mol. The Morgan fingerprint density at radius 1 is 1.18 bits per heavy atom. The molecular formula is C17H20N4O. The van der Waals surface area contributed by atoms with Crippen molar-refractivity contribution in [3.05, 3.63) is 46.9 Å². The van der Waals surface area contributed by atoms with Crippen LogP contribution in [-0.2, 0) is 25.9 Å². The van der Waals surface area contributed by atoms with E-state index in [1.807, 2.05) is 6.07 Å². The molecule has 0 amide bonds. The van der Waals surface area contributed by atoms with Gasteiger partial charge in [-0.05, 0) is 42.6 Å². The van der Waals surface area contributed by atoms with Crippen LogP contribution in [-0.4, -0.2) is 30.2 Å². The quantitative estimate of drug-likeness (QED) is 0.914. The summed E-state index contributed by atoms with van der Waals surface area (Å²) >= 11 is 0. The Kier molecular flexibility index (Phi) is 3.42. The van der Waals surface area contributed by atoms with Gasteiger partial charge in [0.15, 0.2) is 0 Å². The molecule has 2 aliphatic heterocycles. The fourth-order valence-electron chi connectivity index (χ4n) is 3.38. The number of aromatic nitrogens is 2. The van der Waals surface area contributed by atoms with Gasteiger partial charge in [-0.3, -0.25) is 0 Å². The zero-order valence-corrected chi connectivity index (χ0v) is 12.8. The van der Waals surface area contributed by atoms with Crippen LogP contribution >= 0.6 is 0 Å². The second-order valence-corrected chi connectivity index (χ2v) is 5.86. The number of hydrogen-bond acceptors (Lipinski definition) is 5. The third-order valence-electron chi connectivity index (χ3n) is 4.58. The van der Waals surface area contributed by atoms with Crippen molar-refractivity contribution in [2.75, 3.05) is 25.1 Å². The maximum absolute atomic E-state index is 5.32. The largest absolute Gasteiger partial charge is 0.497 e. The van der Waals surface area contributed by atoms with Gasteiger partial charge in [0, 0.05) is 25.2 Å². The van der Waals surface area contributed by atoms with Gasteiger partial charge in [0.05, 0.1) is 12.8 Å². The van der Waals surface area contributed by atoms with Gasteiger partial charge in [-0.15, -0.1) is 0 Å². The fraction of sp³-hybridized carbons (Fsp3) is 0.412. The van der Waals surface area contributed by atoms with Crippen LogP contribution in [0.2, 0.25) is 0 Å². The summed E-state index contributed by atoms with van der Waals surface area (Å²) in [6.45, 7) is 3.77. The van der Waals surface area contributed by atoms with Gasteiger partial charge in [0.25, 0.3) is 0 Å². The Morgan fingerprint density at radius 2 is 2.14 bits per heavy atom. The Balaban J connectivity index is 1.65. The number of fused-ring (bicyclic) bond motifs is 2. The average molecular weight is 296 g/mol. The zero-order valence-electron chi connectivity index (χ0n) is 12.8. The van der Waals surface area contributed by atoms with Gasteiger partial charge in [-0.2, -0.15) is 0 Å². The maximum atomic E-state index is 5.32. The van der Waals surface area contributed by atoms with Crippen molar-refractivity contribution in [1.29, 1.82) is 0 Å². The zero-order chi connectivity index (χ0) is 14.9. The first-order chi connectivity index (χ1) is 10.8. The lowest BCUT2D eigenvalue weighted by Gasteiger charge is -2.32. The third kappa shape index (κ3) is 2.31. The molecule has 2 aromatic rings. The number of methoxy groups -OCH3 is 1. The Labute approximate surface area is 130 Å². The number of anilines is 1. The molecule has 1 N–H and O–H groups in total. The lowest BCUT2D eigenvalue weighted by Crippen LogP contribution is -2.34. The smallest absolute Gasteiger partial charge is 0.135 e. The highest BCUT2D eigenvalue weighted by atomic mass is 16.5. The summed E-state index contributed by atoms with van der Waals surface area (Å²) in [4.78, 5) is 11.4. The molecule has 3 heterocycles. The maximum Gasteiger partial charge on any atom is 0.135 e. The molecule has 0 unspecified atom stereocenters. The molecule has 0 bridgehead atoms. The SMILES string of the molecule is COc1ccc2c(c1)CCN(c1ncnc3c1CCNC3)C2. The van der Waals surface area contributed by atoms with E-state index in [2.05, 4.69) is 32.3 Å². The van der Waals surface area contributed by atoms with Crippen LogP contribution in [0.4, 0.5) is 5.82 Å². The van der Waals surface area contributed by atoms with E-state index in [9.17, 15) is 0 Å². The minimum Gasteiger partial charge on any atom is -0.497 e. The molecule has 0 spiro atoms. The van der Waals surface area contributed by atoms with E-state index < -0.39 is 0 Å². The monoisotopic (exact) mass is 296 g/mol. The molecule has 0 saturated heterocycles. The van der Waals surface area contributed by atoms with Crippen LogP contribution in [0.25, 0.3) is 0 Å². The lowest BCUT2D eigenvalue weighted by atomic mass is 9.98. The van der Waals surface area contributed by atoms with E-state index in [1.165, 1.54) is 16.7 Å². The van der Waals surface area contributed by atoms with E-state index in [0.29, 0.717) is 0 Å². The highest BCUT2D eigenvalue weighted by molar-refractivity contribution is 5.52.